The highest BCUT2D eigenvalue weighted by Crippen LogP contribution is 2.31. The molecule has 0 saturated carbocycles. The van der Waals surface area contributed by atoms with Gasteiger partial charge in [0, 0.05) is 17.9 Å². The van der Waals surface area contributed by atoms with Crippen LogP contribution in [0.25, 0.3) is 0 Å². The van der Waals surface area contributed by atoms with E-state index in [1.165, 1.54) is 18.2 Å². The number of nitrogens with zero attached hydrogens (tertiary/aromatic N) is 1. The number of esters is 2. The third-order valence-electron chi connectivity index (χ3n) is 3.82. The average Bonchev–Trinajstić information content (AvgIpc) is 3.08. The van der Waals surface area contributed by atoms with Gasteiger partial charge in [-0.1, -0.05) is 0 Å². The van der Waals surface area contributed by atoms with Crippen LogP contribution in [0.4, 0.5) is 0 Å². The van der Waals surface area contributed by atoms with E-state index in [2.05, 4.69) is 9.71 Å². The van der Waals surface area contributed by atoms with E-state index in [9.17, 15) is 18.0 Å². The Hall–Kier alpha value is -2.70. The molecule has 162 valence electrons. The number of carbonyl (C=O) groups is 2. The fraction of sp³-hybridized carbons (Fsp3) is 0.389. The van der Waals surface area contributed by atoms with Gasteiger partial charge in [0.25, 0.3) is 0 Å². The van der Waals surface area contributed by atoms with Gasteiger partial charge in [-0.2, -0.15) is 4.72 Å². The molecule has 1 aliphatic rings. The molecule has 0 radical (unpaired) electrons. The third kappa shape index (κ3) is 5.68. The number of aromatic nitrogens is 1. The van der Waals surface area contributed by atoms with Crippen LogP contribution >= 0.6 is 11.3 Å². The smallest absolute Gasteiger partial charge is 0.367 e. The van der Waals surface area contributed by atoms with Crippen LogP contribution in [0.15, 0.2) is 28.5 Å². The highest BCUT2D eigenvalue weighted by atomic mass is 32.2. The van der Waals surface area contributed by atoms with Crippen molar-refractivity contribution in [3.8, 4) is 11.5 Å². The fourth-order valence-corrected chi connectivity index (χ4v) is 4.09. The molecule has 1 aliphatic heterocycles. The maximum atomic E-state index is 12.4. The van der Waals surface area contributed by atoms with Gasteiger partial charge in [-0.3, -0.25) is 4.79 Å². The molecule has 10 nitrogen and oxygen atoms in total. The van der Waals surface area contributed by atoms with Crippen LogP contribution in [-0.2, 0) is 30.9 Å². The summed E-state index contributed by atoms with van der Waals surface area (Å²) >= 11 is 1.07. The van der Waals surface area contributed by atoms with E-state index in [0.29, 0.717) is 36.8 Å². The van der Waals surface area contributed by atoms with E-state index in [1.807, 2.05) is 0 Å². The van der Waals surface area contributed by atoms with Crippen LogP contribution < -0.4 is 14.2 Å². The number of hydrogen-bond donors (Lipinski definition) is 1. The van der Waals surface area contributed by atoms with E-state index in [-0.39, 0.29) is 23.1 Å². The van der Waals surface area contributed by atoms with Crippen molar-refractivity contribution in [2.45, 2.75) is 24.8 Å². The number of thiazole rings is 1. The van der Waals surface area contributed by atoms with E-state index in [0.717, 1.165) is 11.3 Å². The molecule has 0 unspecified atom stereocenters. The van der Waals surface area contributed by atoms with Crippen molar-refractivity contribution in [1.29, 1.82) is 0 Å². The molecule has 0 amide bonds. The van der Waals surface area contributed by atoms with E-state index in [4.69, 9.17) is 18.9 Å². The summed E-state index contributed by atoms with van der Waals surface area (Å²) in [4.78, 5) is 27.4. The van der Waals surface area contributed by atoms with Gasteiger partial charge >= 0.3 is 11.9 Å². The van der Waals surface area contributed by atoms with Gasteiger partial charge in [0.1, 0.15) is 13.2 Å². The molecule has 1 N–H and O–H groups in total. The van der Waals surface area contributed by atoms with Crippen molar-refractivity contribution in [2.75, 3.05) is 26.4 Å². The number of ether oxygens (including phenoxy) is 4. The highest BCUT2D eigenvalue weighted by molar-refractivity contribution is 7.89. The summed E-state index contributed by atoms with van der Waals surface area (Å²) < 4.78 is 47.9. The van der Waals surface area contributed by atoms with Gasteiger partial charge in [0.05, 0.1) is 30.4 Å². The Kier molecular flexibility index (Phi) is 7.24. The number of fused-ring (bicyclic) bond motifs is 1. The molecule has 0 bridgehead atoms. The molecule has 0 atom stereocenters. The first-order chi connectivity index (χ1) is 14.4. The van der Waals surface area contributed by atoms with Crippen molar-refractivity contribution in [1.82, 2.24) is 9.71 Å². The zero-order chi connectivity index (χ0) is 21.6. The Morgan fingerprint density at radius 1 is 1.20 bits per heavy atom. The maximum Gasteiger partial charge on any atom is 0.367 e. The summed E-state index contributed by atoms with van der Waals surface area (Å²) in [6, 6.07) is 4.23. The molecule has 30 heavy (non-hydrogen) atoms. The monoisotopic (exact) mass is 456 g/mol. The molecule has 1 aromatic carbocycles. The third-order valence-corrected chi connectivity index (χ3v) is 6.09. The zero-order valence-corrected chi connectivity index (χ0v) is 17.7. The quantitative estimate of drug-likeness (QED) is 0.587. The van der Waals surface area contributed by atoms with Crippen molar-refractivity contribution in [3.63, 3.8) is 0 Å². The van der Waals surface area contributed by atoms with Gasteiger partial charge in [0.2, 0.25) is 15.0 Å². The molecular weight excluding hydrogens is 436 g/mol. The molecule has 2 heterocycles. The zero-order valence-electron chi connectivity index (χ0n) is 16.1. The number of nitrogens with one attached hydrogen (secondary N) is 1. The normalized spacial score (nSPS) is 13.4. The minimum atomic E-state index is -3.96. The summed E-state index contributed by atoms with van der Waals surface area (Å²) in [6.45, 7) is 2.06. The number of hydrogen-bond acceptors (Lipinski definition) is 10. The SMILES string of the molecule is CCOC(=O)c1nc(COC(=O)CNS(=O)(=O)c2ccc3c(c2)OCCCO3)cs1. The lowest BCUT2D eigenvalue weighted by Crippen LogP contribution is -2.30. The van der Waals surface area contributed by atoms with Gasteiger partial charge in [-0.15, -0.1) is 11.3 Å². The standard InChI is InChI=1S/C18H20N2O8S2/c1-2-25-18(22)17-20-12(11-29-17)10-28-16(21)9-19-30(23,24)13-4-5-14-15(8-13)27-7-3-6-26-14/h4-5,8,11,19H,2-3,6-7,9-10H2,1H3. The van der Waals surface area contributed by atoms with Crippen molar-refractivity contribution < 1.29 is 37.0 Å². The molecule has 12 heteroatoms. The highest BCUT2D eigenvalue weighted by Gasteiger charge is 2.20. The summed E-state index contributed by atoms with van der Waals surface area (Å²) in [7, 11) is -3.96. The number of carbonyl (C=O) groups excluding carboxylic acids is 2. The maximum absolute atomic E-state index is 12.4. The summed E-state index contributed by atoms with van der Waals surface area (Å²) in [5.74, 6) is -0.545. The summed E-state index contributed by atoms with van der Waals surface area (Å²) in [5, 5.41) is 1.71. The fourth-order valence-electron chi connectivity index (χ4n) is 2.41. The van der Waals surface area contributed by atoms with E-state index in [1.54, 1.807) is 12.3 Å². The van der Waals surface area contributed by atoms with Crippen LogP contribution in [0.5, 0.6) is 11.5 Å². The van der Waals surface area contributed by atoms with Gasteiger partial charge < -0.3 is 18.9 Å². The summed E-state index contributed by atoms with van der Waals surface area (Å²) in [6.07, 6.45) is 0.696. The van der Waals surface area contributed by atoms with Gasteiger partial charge in [0.15, 0.2) is 11.5 Å². The topological polar surface area (TPSA) is 130 Å². The Balaban J connectivity index is 1.53. The molecule has 1 aromatic heterocycles. The Labute approximate surface area is 177 Å². The van der Waals surface area contributed by atoms with Crippen LogP contribution in [0.1, 0.15) is 28.8 Å². The number of benzene rings is 1. The minimum Gasteiger partial charge on any atom is -0.490 e. The Morgan fingerprint density at radius 3 is 2.73 bits per heavy atom. The predicted octanol–water partition coefficient (Wildman–Crippen LogP) is 1.50. The van der Waals surface area contributed by atoms with Crippen molar-refractivity contribution in [3.05, 3.63) is 34.3 Å². The second kappa shape index (κ2) is 9.87. The second-order valence-electron chi connectivity index (χ2n) is 6.01. The van der Waals surface area contributed by atoms with Crippen LogP contribution in [0.2, 0.25) is 0 Å². The lowest BCUT2D eigenvalue weighted by Gasteiger charge is -2.10. The molecule has 0 fully saturated rings. The Bertz CT molecular complexity index is 1020. The molecular formula is C18H20N2O8S2. The van der Waals surface area contributed by atoms with Crippen LogP contribution in [-0.4, -0.2) is 51.7 Å². The number of sulfonamides is 1. The molecule has 0 aliphatic carbocycles. The molecule has 2 aromatic rings. The van der Waals surface area contributed by atoms with E-state index >= 15 is 0 Å². The number of rotatable bonds is 8. The van der Waals surface area contributed by atoms with Crippen LogP contribution in [0, 0.1) is 0 Å². The lowest BCUT2D eigenvalue weighted by atomic mass is 10.3. The molecule has 3 rings (SSSR count). The first kappa shape index (κ1) is 22.0. The molecule has 0 saturated heterocycles. The first-order valence-electron chi connectivity index (χ1n) is 9.05. The van der Waals surface area contributed by atoms with Crippen LogP contribution in [0.3, 0.4) is 0 Å². The Morgan fingerprint density at radius 2 is 1.97 bits per heavy atom. The van der Waals surface area contributed by atoms with Gasteiger partial charge in [-0.05, 0) is 19.1 Å². The second-order valence-corrected chi connectivity index (χ2v) is 8.63. The molecule has 0 spiro atoms. The summed E-state index contributed by atoms with van der Waals surface area (Å²) in [5.41, 5.74) is 0.363. The van der Waals surface area contributed by atoms with Gasteiger partial charge in [-0.25, -0.2) is 18.2 Å². The predicted molar refractivity (Wildman–Crippen MR) is 105 cm³/mol. The average molecular weight is 456 g/mol. The lowest BCUT2D eigenvalue weighted by molar-refractivity contribution is -0.143. The largest absolute Gasteiger partial charge is 0.490 e. The minimum absolute atomic E-state index is 0.0573. The van der Waals surface area contributed by atoms with Crippen molar-refractivity contribution >= 4 is 33.3 Å². The first-order valence-corrected chi connectivity index (χ1v) is 11.4. The van der Waals surface area contributed by atoms with E-state index < -0.39 is 28.5 Å². The van der Waals surface area contributed by atoms with Crippen molar-refractivity contribution in [2.24, 2.45) is 0 Å².